The van der Waals surface area contributed by atoms with E-state index >= 15 is 0 Å². The average molecular weight is 175 g/mol. The largest absolute Gasteiger partial charge is 0.305 e. The number of benzene rings is 1. The fourth-order valence-corrected chi connectivity index (χ4v) is 1.22. The van der Waals surface area contributed by atoms with E-state index in [1.54, 1.807) is 0 Å². The highest BCUT2D eigenvalue weighted by molar-refractivity contribution is 6.26. The second-order valence-electron chi connectivity index (χ2n) is 3.04. The molecule has 2 nitrogen and oxygen atoms in total. The van der Waals surface area contributed by atoms with Gasteiger partial charge in [0.1, 0.15) is 0 Å². The molecule has 0 atom stereocenters. The first-order chi connectivity index (χ1) is 6.24. The number of carbonyl (C=O) groups is 1. The predicted octanol–water partition coefficient (Wildman–Crippen LogP) is 2.15. The van der Waals surface area contributed by atoms with Crippen molar-refractivity contribution in [2.24, 2.45) is 0 Å². The highest BCUT2D eigenvalue weighted by Crippen LogP contribution is 2.09. The van der Waals surface area contributed by atoms with Crippen LogP contribution in [0.2, 0.25) is 0 Å². The van der Waals surface area contributed by atoms with Gasteiger partial charge in [-0.3, -0.25) is 4.79 Å². The molecule has 0 saturated heterocycles. The molecule has 1 rings (SSSR count). The average Bonchev–Trinajstić information content (AvgIpc) is 2.16. The number of aryl methyl sites for hydroxylation is 2. The zero-order chi connectivity index (χ0) is 9.68. The molecule has 1 aromatic rings. The van der Waals surface area contributed by atoms with Crippen molar-refractivity contribution >= 4 is 12.0 Å². The smallest absolute Gasteiger partial charge is 0.173 e. The highest BCUT2D eigenvalue weighted by Gasteiger charge is 2.00. The molecule has 0 unspecified atom stereocenters. The number of ketones is 1. The third kappa shape index (κ3) is 2.82. The molecule has 0 bridgehead atoms. The first kappa shape index (κ1) is 9.65. The summed E-state index contributed by atoms with van der Waals surface area (Å²) in [5, 5.41) is 6.75. The van der Waals surface area contributed by atoms with Crippen LogP contribution in [-0.2, 0) is 11.2 Å². The molecule has 0 heterocycles. The minimum atomic E-state index is -0.108. The van der Waals surface area contributed by atoms with E-state index in [0.717, 1.165) is 12.6 Å². The Morgan fingerprint density at radius 3 is 2.77 bits per heavy atom. The number of carbonyl (C=O) groups excluding carboxylic acids is 1. The number of Topliss-reactive ketones (excluding diaryl/α,β-unsaturated/α-hetero) is 1. The van der Waals surface area contributed by atoms with Gasteiger partial charge in [-0.2, -0.15) is 0 Å². The Morgan fingerprint density at radius 2 is 2.15 bits per heavy atom. The fraction of sp³-hybridized carbons (Fsp3) is 0.273. The van der Waals surface area contributed by atoms with Crippen LogP contribution in [0.1, 0.15) is 17.5 Å². The first-order valence-electron chi connectivity index (χ1n) is 4.32. The van der Waals surface area contributed by atoms with Crippen molar-refractivity contribution in [1.29, 1.82) is 5.41 Å². The molecular formula is C11H13NO. The Bertz CT molecular complexity index is 318. The van der Waals surface area contributed by atoms with E-state index in [2.05, 4.69) is 0 Å². The van der Waals surface area contributed by atoms with E-state index in [1.165, 1.54) is 11.1 Å². The lowest BCUT2D eigenvalue weighted by Crippen LogP contribution is -2.01. The Labute approximate surface area is 78.1 Å². The summed E-state index contributed by atoms with van der Waals surface area (Å²) >= 11 is 0. The van der Waals surface area contributed by atoms with E-state index in [4.69, 9.17) is 5.41 Å². The van der Waals surface area contributed by atoms with Crippen LogP contribution in [0.3, 0.4) is 0 Å². The van der Waals surface area contributed by atoms with Gasteiger partial charge in [-0.1, -0.05) is 24.3 Å². The second kappa shape index (κ2) is 4.55. The number of hydrogen-bond acceptors (Lipinski definition) is 2. The molecular weight excluding hydrogens is 162 g/mol. The van der Waals surface area contributed by atoms with Crippen molar-refractivity contribution in [3.05, 3.63) is 35.4 Å². The van der Waals surface area contributed by atoms with E-state index in [1.807, 2.05) is 31.2 Å². The normalized spacial score (nSPS) is 9.62. The van der Waals surface area contributed by atoms with Crippen molar-refractivity contribution in [3.63, 3.8) is 0 Å². The maximum atomic E-state index is 10.9. The van der Waals surface area contributed by atoms with Gasteiger partial charge < -0.3 is 5.41 Å². The second-order valence-corrected chi connectivity index (χ2v) is 3.04. The molecule has 13 heavy (non-hydrogen) atoms. The van der Waals surface area contributed by atoms with E-state index in [-0.39, 0.29) is 5.78 Å². The van der Waals surface area contributed by atoms with Gasteiger partial charge in [0.15, 0.2) is 5.78 Å². The summed E-state index contributed by atoms with van der Waals surface area (Å²) in [5.74, 6) is -0.108. The van der Waals surface area contributed by atoms with Crippen molar-refractivity contribution in [3.8, 4) is 0 Å². The Morgan fingerprint density at radius 1 is 1.46 bits per heavy atom. The summed E-state index contributed by atoms with van der Waals surface area (Å²) in [7, 11) is 0. The minimum Gasteiger partial charge on any atom is -0.305 e. The zero-order valence-corrected chi connectivity index (χ0v) is 7.71. The van der Waals surface area contributed by atoms with Gasteiger partial charge in [-0.05, 0) is 24.5 Å². The number of hydrogen-bond donors (Lipinski definition) is 1. The lowest BCUT2D eigenvalue weighted by molar-refractivity contribution is -0.112. The quantitative estimate of drug-likeness (QED) is 0.700. The van der Waals surface area contributed by atoms with Crippen LogP contribution in [-0.4, -0.2) is 12.0 Å². The van der Waals surface area contributed by atoms with Gasteiger partial charge in [-0.25, -0.2) is 0 Å². The SMILES string of the molecule is Cc1ccccc1CCC(=O)C=N. The molecule has 0 aliphatic heterocycles. The Balaban J connectivity index is 2.59. The van der Waals surface area contributed by atoms with Gasteiger partial charge in [0, 0.05) is 6.42 Å². The lowest BCUT2D eigenvalue weighted by Gasteiger charge is -2.02. The molecule has 0 saturated carbocycles. The summed E-state index contributed by atoms with van der Waals surface area (Å²) in [5.41, 5.74) is 2.40. The van der Waals surface area contributed by atoms with E-state index in [0.29, 0.717) is 6.42 Å². The van der Waals surface area contributed by atoms with Crippen LogP contribution in [0.4, 0.5) is 0 Å². The van der Waals surface area contributed by atoms with Gasteiger partial charge in [0.25, 0.3) is 0 Å². The van der Waals surface area contributed by atoms with Gasteiger partial charge in [-0.15, -0.1) is 0 Å². The highest BCUT2D eigenvalue weighted by atomic mass is 16.1. The van der Waals surface area contributed by atoms with Crippen molar-refractivity contribution in [1.82, 2.24) is 0 Å². The van der Waals surface area contributed by atoms with E-state index < -0.39 is 0 Å². The van der Waals surface area contributed by atoms with Gasteiger partial charge >= 0.3 is 0 Å². The summed E-state index contributed by atoms with van der Waals surface area (Å²) in [6.07, 6.45) is 2.06. The standard InChI is InChI=1S/C11H13NO/c1-9-4-2-3-5-10(9)6-7-11(13)8-12/h2-5,8,12H,6-7H2,1H3. The molecule has 0 amide bonds. The number of nitrogens with one attached hydrogen (secondary N) is 1. The van der Waals surface area contributed by atoms with Crippen LogP contribution in [0.25, 0.3) is 0 Å². The molecule has 1 aromatic carbocycles. The maximum absolute atomic E-state index is 10.9. The maximum Gasteiger partial charge on any atom is 0.173 e. The molecule has 0 fully saturated rings. The van der Waals surface area contributed by atoms with Crippen LogP contribution in [0.15, 0.2) is 24.3 Å². The Kier molecular flexibility index (Phi) is 3.38. The molecule has 1 N–H and O–H groups in total. The predicted molar refractivity (Wildman–Crippen MR) is 53.3 cm³/mol. The summed E-state index contributed by atoms with van der Waals surface area (Å²) in [6, 6.07) is 8.01. The van der Waals surface area contributed by atoms with Crippen molar-refractivity contribution in [2.45, 2.75) is 19.8 Å². The summed E-state index contributed by atoms with van der Waals surface area (Å²) < 4.78 is 0. The molecule has 0 spiro atoms. The molecule has 2 heteroatoms. The fourth-order valence-electron chi connectivity index (χ4n) is 1.22. The van der Waals surface area contributed by atoms with Crippen LogP contribution in [0, 0.1) is 12.3 Å². The number of rotatable bonds is 4. The molecule has 0 aliphatic carbocycles. The van der Waals surface area contributed by atoms with E-state index in [9.17, 15) is 4.79 Å². The molecule has 0 aromatic heterocycles. The summed E-state index contributed by atoms with van der Waals surface area (Å²) in [4.78, 5) is 10.9. The third-order valence-electron chi connectivity index (χ3n) is 2.06. The molecule has 68 valence electrons. The Hall–Kier alpha value is -1.44. The third-order valence-corrected chi connectivity index (χ3v) is 2.06. The zero-order valence-electron chi connectivity index (χ0n) is 7.71. The lowest BCUT2D eigenvalue weighted by atomic mass is 10.0. The van der Waals surface area contributed by atoms with Crippen molar-refractivity contribution in [2.75, 3.05) is 0 Å². The van der Waals surface area contributed by atoms with Crippen molar-refractivity contribution < 1.29 is 4.79 Å². The van der Waals surface area contributed by atoms with Crippen LogP contribution in [0.5, 0.6) is 0 Å². The molecule has 0 aliphatic rings. The monoisotopic (exact) mass is 175 g/mol. The summed E-state index contributed by atoms with van der Waals surface area (Å²) in [6.45, 7) is 2.03. The van der Waals surface area contributed by atoms with Crippen LogP contribution >= 0.6 is 0 Å². The minimum absolute atomic E-state index is 0.108. The molecule has 0 radical (unpaired) electrons. The first-order valence-corrected chi connectivity index (χ1v) is 4.32. The van der Waals surface area contributed by atoms with Gasteiger partial charge in [0.2, 0.25) is 0 Å². The topological polar surface area (TPSA) is 40.9 Å². The van der Waals surface area contributed by atoms with Gasteiger partial charge in [0.05, 0.1) is 6.21 Å². The van der Waals surface area contributed by atoms with Crippen LogP contribution < -0.4 is 0 Å².